The molecule has 0 aliphatic heterocycles. The van der Waals surface area contributed by atoms with Crippen molar-refractivity contribution in [2.75, 3.05) is 13.2 Å². The van der Waals surface area contributed by atoms with E-state index in [9.17, 15) is 0 Å². The van der Waals surface area contributed by atoms with Gasteiger partial charge in [0.2, 0.25) is 0 Å². The molecule has 3 heteroatoms. The predicted octanol–water partition coefficient (Wildman–Crippen LogP) is 6.30. The Bertz CT molecular complexity index is 824. The van der Waals surface area contributed by atoms with E-state index < -0.39 is 0 Å². The Labute approximate surface area is 167 Å². The normalized spacial score (nSPS) is 12.0. The molecule has 0 bridgehead atoms. The van der Waals surface area contributed by atoms with Crippen molar-refractivity contribution in [3.63, 3.8) is 0 Å². The predicted molar refractivity (Wildman–Crippen MR) is 114 cm³/mol. The van der Waals surface area contributed by atoms with Crippen LogP contribution in [-0.4, -0.2) is 19.5 Å². The highest BCUT2D eigenvalue weighted by molar-refractivity contribution is 5.63. The lowest BCUT2D eigenvalue weighted by Crippen LogP contribution is -2.19. The van der Waals surface area contributed by atoms with E-state index in [2.05, 4.69) is 50.2 Å². The first-order valence-electron chi connectivity index (χ1n) is 9.78. The maximum atomic E-state index is 5.79. The lowest BCUT2D eigenvalue weighted by molar-refractivity contribution is -0.0739. The number of rotatable bonds is 9. The molecule has 0 radical (unpaired) electrons. The van der Waals surface area contributed by atoms with E-state index in [-0.39, 0.29) is 6.29 Å². The fourth-order valence-corrected chi connectivity index (χ4v) is 2.90. The van der Waals surface area contributed by atoms with Crippen LogP contribution in [0.1, 0.15) is 32.3 Å². The molecule has 146 valence electrons. The van der Waals surface area contributed by atoms with E-state index in [4.69, 9.17) is 14.2 Å². The van der Waals surface area contributed by atoms with E-state index in [0.717, 1.165) is 11.5 Å². The van der Waals surface area contributed by atoms with E-state index in [0.29, 0.717) is 19.1 Å². The summed E-state index contributed by atoms with van der Waals surface area (Å²) in [5.41, 5.74) is 3.67. The van der Waals surface area contributed by atoms with Gasteiger partial charge in [0, 0.05) is 0 Å². The van der Waals surface area contributed by atoms with Gasteiger partial charge in [-0.05, 0) is 53.8 Å². The molecule has 3 aromatic rings. The lowest BCUT2D eigenvalue weighted by Gasteiger charge is -2.16. The summed E-state index contributed by atoms with van der Waals surface area (Å²) in [5, 5.41) is 0. The monoisotopic (exact) mass is 376 g/mol. The molecular weight excluding hydrogens is 348 g/mol. The molecule has 1 atom stereocenters. The fraction of sp³-hybridized carbons (Fsp3) is 0.280. The van der Waals surface area contributed by atoms with E-state index in [1.807, 2.05) is 49.4 Å². The van der Waals surface area contributed by atoms with Crippen LogP contribution < -0.4 is 9.47 Å². The average Bonchev–Trinajstić information content (AvgIpc) is 2.73. The second kappa shape index (κ2) is 9.95. The summed E-state index contributed by atoms with van der Waals surface area (Å²) in [6.07, 6.45) is -0.325. The molecule has 0 heterocycles. The summed E-state index contributed by atoms with van der Waals surface area (Å²) in [6, 6.07) is 26.6. The first-order chi connectivity index (χ1) is 13.6. The van der Waals surface area contributed by atoms with Gasteiger partial charge in [-0.25, -0.2) is 0 Å². The molecule has 0 spiro atoms. The number of hydrogen-bond donors (Lipinski definition) is 0. The Morgan fingerprint density at radius 2 is 1.25 bits per heavy atom. The summed E-state index contributed by atoms with van der Waals surface area (Å²) in [4.78, 5) is 0. The van der Waals surface area contributed by atoms with Crippen molar-refractivity contribution in [1.29, 1.82) is 0 Å². The van der Waals surface area contributed by atoms with Crippen molar-refractivity contribution in [3.05, 3.63) is 84.4 Å². The molecule has 3 nitrogen and oxygen atoms in total. The molecule has 28 heavy (non-hydrogen) atoms. The summed E-state index contributed by atoms with van der Waals surface area (Å²) in [5.74, 6) is 2.16. The van der Waals surface area contributed by atoms with Crippen molar-refractivity contribution in [2.24, 2.45) is 0 Å². The zero-order valence-corrected chi connectivity index (χ0v) is 16.8. The van der Waals surface area contributed by atoms with Gasteiger partial charge in [0.1, 0.15) is 18.1 Å². The second-order valence-electron chi connectivity index (χ2n) is 7.02. The minimum Gasteiger partial charge on any atom is -0.491 e. The molecule has 0 aliphatic carbocycles. The lowest BCUT2D eigenvalue weighted by atomic mass is 10.0. The zero-order chi connectivity index (χ0) is 19.8. The van der Waals surface area contributed by atoms with E-state index >= 15 is 0 Å². The molecule has 3 rings (SSSR count). The maximum Gasteiger partial charge on any atom is 0.197 e. The molecule has 0 saturated heterocycles. The van der Waals surface area contributed by atoms with Crippen LogP contribution in [-0.2, 0) is 4.74 Å². The third-order valence-electron chi connectivity index (χ3n) is 4.51. The van der Waals surface area contributed by atoms with Crippen LogP contribution in [0, 0.1) is 0 Å². The van der Waals surface area contributed by atoms with Gasteiger partial charge in [0.25, 0.3) is 0 Å². The fourth-order valence-electron chi connectivity index (χ4n) is 2.90. The van der Waals surface area contributed by atoms with Crippen molar-refractivity contribution in [1.82, 2.24) is 0 Å². The van der Waals surface area contributed by atoms with Crippen LogP contribution in [0.25, 0.3) is 11.1 Å². The van der Waals surface area contributed by atoms with Crippen LogP contribution in [0.2, 0.25) is 0 Å². The average molecular weight is 376 g/mol. The van der Waals surface area contributed by atoms with Gasteiger partial charge in [0.05, 0.1) is 6.61 Å². The first-order valence-corrected chi connectivity index (χ1v) is 9.78. The first kappa shape index (κ1) is 20.0. The van der Waals surface area contributed by atoms with Gasteiger partial charge < -0.3 is 14.2 Å². The van der Waals surface area contributed by atoms with Crippen LogP contribution in [0.5, 0.6) is 11.5 Å². The van der Waals surface area contributed by atoms with Crippen LogP contribution >= 0.6 is 0 Å². The maximum absolute atomic E-state index is 5.79. The molecule has 0 amide bonds. The van der Waals surface area contributed by atoms with Gasteiger partial charge >= 0.3 is 0 Å². The summed E-state index contributed by atoms with van der Waals surface area (Å²) in [7, 11) is 0. The van der Waals surface area contributed by atoms with Crippen molar-refractivity contribution < 1.29 is 14.2 Å². The Morgan fingerprint density at radius 3 is 1.89 bits per heavy atom. The third kappa shape index (κ3) is 5.86. The number of hydrogen-bond acceptors (Lipinski definition) is 3. The Kier molecular flexibility index (Phi) is 7.10. The van der Waals surface area contributed by atoms with Crippen LogP contribution in [0.15, 0.2) is 78.9 Å². The molecule has 1 unspecified atom stereocenters. The SMILES string of the molecule is CC(OCCOc1ccc(-c2ccccc2)cc1)Oc1ccc(C(C)C)cc1. The van der Waals surface area contributed by atoms with Crippen molar-refractivity contribution >= 4 is 0 Å². The molecular formula is C25H28O3. The quantitative estimate of drug-likeness (QED) is 0.324. The van der Waals surface area contributed by atoms with Gasteiger partial charge in [-0.1, -0.05) is 68.4 Å². The van der Waals surface area contributed by atoms with Crippen LogP contribution in [0.3, 0.4) is 0 Å². The smallest absolute Gasteiger partial charge is 0.197 e. The third-order valence-corrected chi connectivity index (χ3v) is 4.51. The molecule has 3 aromatic carbocycles. The van der Waals surface area contributed by atoms with Gasteiger partial charge in [-0.2, -0.15) is 0 Å². The summed E-state index contributed by atoms with van der Waals surface area (Å²) >= 11 is 0. The minimum atomic E-state index is -0.325. The van der Waals surface area contributed by atoms with Gasteiger partial charge in [-0.15, -0.1) is 0 Å². The van der Waals surface area contributed by atoms with Gasteiger partial charge in [-0.3, -0.25) is 0 Å². The summed E-state index contributed by atoms with van der Waals surface area (Å²) < 4.78 is 17.2. The van der Waals surface area contributed by atoms with E-state index in [1.165, 1.54) is 16.7 Å². The molecule has 0 N–H and O–H groups in total. The molecule has 0 aromatic heterocycles. The number of benzene rings is 3. The standard InChI is InChI=1S/C25H28O3/c1-19(2)21-9-15-25(16-10-21)28-20(3)26-17-18-27-24-13-11-23(12-14-24)22-7-5-4-6-8-22/h4-16,19-20H,17-18H2,1-3H3. The largest absolute Gasteiger partial charge is 0.491 e. The van der Waals surface area contributed by atoms with Gasteiger partial charge in [0.15, 0.2) is 6.29 Å². The Hall–Kier alpha value is -2.78. The Morgan fingerprint density at radius 1 is 0.643 bits per heavy atom. The molecule has 0 fully saturated rings. The van der Waals surface area contributed by atoms with Crippen LogP contribution in [0.4, 0.5) is 0 Å². The number of ether oxygens (including phenoxy) is 3. The summed E-state index contributed by atoms with van der Waals surface area (Å²) in [6.45, 7) is 7.19. The minimum absolute atomic E-state index is 0.325. The second-order valence-corrected chi connectivity index (χ2v) is 7.02. The highest BCUT2D eigenvalue weighted by atomic mass is 16.7. The van der Waals surface area contributed by atoms with Crippen molar-refractivity contribution in [2.45, 2.75) is 33.0 Å². The zero-order valence-electron chi connectivity index (χ0n) is 16.8. The highest BCUT2D eigenvalue weighted by Gasteiger charge is 2.06. The van der Waals surface area contributed by atoms with Crippen molar-refractivity contribution in [3.8, 4) is 22.6 Å². The topological polar surface area (TPSA) is 27.7 Å². The Balaban J connectivity index is 1.39. The molecule has 0 aliphatic rings. The highest BCUT2D eigenvalue weighted by Crippen LogP contribution is 2.22. The molecule has 0 saturated carbocycles. The van der Waals surface area contributed by atoms with E-state index in [1.54, 1.807) is 0 Å².